The molecule has 0 bridgehead atoms. The molecule has 8 nitrogen and oxygen atoms in total. The number of halogens is 1. The largest absolute Gasteiger partial charge is 0.467 e. The van der Waals surface area contributed by atoms with Crippen LogP contribution in [0.25, 0.3) is 0 Å². The molecule has 1 atom stereocenters. The van der Waals surface area contributed by atoms with Gasteiger partial charge in [0.15, 0.2) is 0 Å². The molecule has 1 saturated heterocycles. The standard InChI is InChI=1S/C23H25ClN6O2/c1-3-21(31)30-13-12-29(14-16(30)8-10-25)22-17-9-11-28(20-7-5-4-6-18(20)24)15-19(17)26-23(27-22)32-2/h3-7,16H,1,8-9,11-15H2,2H3. The molecule has 166 valence electrons. The van der Waals surface area contributed by atoms with Crippen LogP contribution in [0.1, 0.15) is 17.7 Å². The highest BCUT2D eigenvalue weighted by Crippen LogP contribution is 2.34. The molecule has 0 spiro atoms. The lowest BCUT2D eigenvalue weighted by Gasteiger charge is -2.42. The Hall–Kier alpha value is -3.31. The van der Waals surface area contributed by atoms with Crippen LogP contribution in [0.4, 0.5) is 11.5 Å². The van der Waals surface area contributed by atoms with Crippen molar-refractivity contribution >= 4 is 29.0 Å². The van der Waals surface area contributed by atoms with Crippen molar-refractivity contribution in [2.45, 2.75) is 25.4 Å². The summed E-state index contributed by atoms with van der Waals surface area (Å²) in [5.74, 6) is 0.668. The van der Waals surface area contributed by atoms with Crippen LogP contribution < -0.4 is 14.5 Å². The van der Waals surface area contributed by atoms with Gasteiger partial charge in [0, 0.05) is 31.7 Å². The summed E-state index contributed by atoms with van der Waals surface area (Å²) in [6.07, 6.45) is 2.31. The molecule has 0 aliphatic carbocycles. The number of benzene rings is 1. The van der Waals surface area contributed by atoms with E-state index in [1.165, 1.54) is 6.08 Å². The second-order valence-corrected chi connectivity index (χ2v) is 8.19. The Balaban J connectivity index is 1.64. The number of anilines is 2. The van der Waals surface area contributed by atoms with Crippen LogP contribution in [0.15, 0.2) is 36.9 Å². The van der Waals surface area contributed by atoms with Gasteiger partial charge in [0.05, 0.1) is 48.6 Å². The number of aromatic nitrogens is 2. The summed E-state index contributed by atoms with van der Waals surface area (Å²) in [5, 5.41) is 10.00. The zero-order chi connectivity index (χ0) is 22.7. The summed E-state index contributed by atoms with van der Waals surface area (Å²) in [5.41, 5.74) is 2.96. The predicted octanol–water partition coefficient (Wildman–Crippen LogP) is 2.82. The van der Waals surface area contributed by atoms with Crippen LogP contribution in [0, 0.1) is 11.3 Å². The summed E-state index contributed by atoms with van der Waals surface area (Å²) in [6.45, 7) is 6.61. The Morgan fingerprint density at radius 3 is 2.84 bits per heavy atom. The number of piperazine rings is 1. The van der Waals surface area contributed by atoms with Crippen LogP contribution in [0.5, 0.6) is 6.01 Å². The molecule has 1 aromatic carbocycles. The van der Waals surface area contributed by atoms with E-state index in [4.69, 9.17) is 16.3 Å². The van der Waals surface area contributed by atoms with E-state index in [0.717, 1.165) is 35.7 Å². The highest BCUT2D eigenvalue weighted by atomic mass is 35.5. The van der Waals surface area contributed by atoms with Gasteiger partial charge in [-0.3, -0.25) is 4.79 Å². The van der Waals surface area contributed by atoms with Crippen molar-refractivity contribution in [3.63, 3.8) is 0 Å². The molecule has 3 heterocycles. The van der Waals surface area contributed by atoms with Gasteiger partial charge in [-0.25, -0.2) is 0 Å². The van der Waals surface area contributed by atoms with E-state index >= 15 is 0 Å². The first-order valence-corrected chi connectivity index (χ1v) is 10.9. The Labute approximate surface area is 192 Å². The van der Waals surface area contributed by atoms with E-state index in [1.807, 2.05) is 24.3 Å². The number of nitriles is 1. The SMILES string of the molecule is C=CC(=O)N1CCN(c2nc(OC)nc3c2CCN(c2ccccc2Cl)C3)CC1CC#N. The van der Waals surface area contributed by atoms with Crippen molar-refractivity contribution in [1.82, 2.24) is 14.9 Å². The molecular weight excluding hydrogens is 428 g/mol. The fraction of sp³-hybridized carbons (Fsp3) is 0.391. The van der Waals surface area contributed by atoms with E-state index < -0.39 is 0 Å². The molecule has 0 N–H and O–H groups in total. The summed E-state index contributed by atoms with van der Waals surface area (Å²) in [4.78, 5) is 27.6. The number of methoxy groups -OCH3 is 1. The van der Waals surface area contributed by atoms with Crippen molar-refractivity contribution in [3.05, 3.63) is 53.2 Å². The number of ether oxygens (including phenoxy) is 1. The maximum Gasteiger partial charge on any atom is 0.318 e. The molecule has 9 heteroatoms. The fourth-order valence-corrected chi connectivity index (χ4v) is 4.65. The molecule has 0 saturated carbocycles. The first-order valence-electron chi connectivity index (χ1n) is 10.5. The maximum atomic E-state index is 12.2. The number of hydrogen-bond donors (Lipinski definition) is 0. The second-order valence-electron chi connectivity index (χ2n) is 7.78. The number of amides is 1. The normalized spacial score (nSPS) is 18.0. The molecule has 32 heavy (non-hydrogen) atoms. The van der Waals surface area contributed by atoms with Crippen LogP contribution in [0.2, 0.25) is 5.02 Å². The van der Waals surface area contributed by atoms with Gasteiger partial charge in [-0.1, -0.05) is 30.3 Å². The van der Waals surface area contributed by atoms with E-state index in [9.17, 15) is 10.1 Å². The third-order valence-electron chi connectivity index (χ3n) is 5.97. The van der Waals surface area contributed by atoms with Crippen molar-refractivity contribution in [2.24, 2.45) is 0 Å². The van der Waals surface area contributed by atoms with Crippen LogP contribution in [0.3, 0.4) is 0 Å². The van der Waals surface area contributed by atoms with Gasteiger partial charge in [-0.2, -0.15) is 15.2 Å². The minimum atomic E-state index is -0.223. The molecule has 4 rings (SSSR count). The average molecular weight is 453 g/mol. The van der Waals surface area contributed by atoms with Gasteiger partial charge < -0.3 is 19.4 Å². The average Bonchev–Trinajstić information content (AvgIpc) is 2.83. The first kappa shape index (κ1) is 21.9. The Kier molecular flexibility index (Phi) is 6.47. The number of rotatable bonds is 5. The van der Waals surface area contributed by atoms with Gasteiger partial charge in [-0.15, -0.1) is 0 Å². The summed E-state index contributed by atoms with van der Waals surface area (Å²) in [7, 11) is 1.55. The molecular formula is C23H25ClN6O2. The second kappa shape index (κ2) is 9.45. The van der Waals surface area contributed by atoms with E-state index in [1.54, 1.807) is 12.0 Å². The zero-order valence-corrected chi connectivity index (χ0v) is 18.8. The first-order chi connectivity index (χ1) is 15.5. The predicted molar refractivity (Wildman–Crippen MR) is 123 cm³/mol. The van der Waals surface area contributed by atoms with Crippen molar-refractivity contribution in [2.75, 3.05) is 43.1 Å². The third-order valence-corrected chi connectivity index (χ3v) is 6.28. The van der Waals surface area contributed by atoms with Crippen molar-refractivity contribution < 1.29 is 9.53 Å². The Bertz CT molecular complexity index is 1070. The smallest absolute Gasteiger partial charge is 0.318 e. The number of para-hydroxylation sites is 1. The monoisotopic (exact) mass is 452 g/mol. The van der Waals surface area contributed by atoms with Gasteiger partial charge in [0.2, 0.25) is 5.91 Å². The van der Waals surface area contributed by atoms with Crippen LogP contribution in [-0.2, 0) is 17.8 Å². The highest BCUT2D eigenvalue weighted by molar-refractivity contribution is 6.33. The minimum absolute atomic E-state index is 0.150. The lowest BCUT2D eigenvalue weighted by molar-refractivity contribution is -0.128. The Morgan fingerprint density at radius 1 is 1.31 bits per heavy atom. The number of hydrogen-bond acceptors (Lipinski definition) is 7. The molecule has 2 aliphatic heterocycles. The highest BCUT2D eigenvalue weighted by Gasteiger charge is 2.33. The number of nitrogens with zero attached hydrogens (tertiary/aromatic N) is 6. The van der Waals surface area contributed by atoms with Crippen LogP contribution in [-0.4, -0.2) is 60.1 Å². The summed E-state index contributed by atoms with van der Waals surface area (Å²) < 4.78 is 5.40. The molecule has 1 unspecified atom stereocenters. The number of fused-ring (bicyclic) bond motifs is 1. The number of carbonyl (C=O) groups is 1. The van der Waals surface area contributed by atoms with E-state index in [-0.39, 0.29) is 18.4 Å². The van der Waals surface area contributed by atoms with Gasteiger partial charge in [0.25, 0.3) is 0 Å². The van der Waals surface area contributed by atoms with Crippen LogP contribution >= 0.6 is 11.6 Å². The fourth-order valence-electron chi connectivity index (χ4n) is 4.39. The lowest BCUT2D eigenvalue weighted by atomic mass is 10.0. The molecule has 2 aromatic rings. The molecule has 2 aliphatic rings. The van der Waals surface area contributed by atoms with Gasteiger partial charge in [0.1, 0.15) is 5.82 Å². The maximum absolute atomic E-state index is 12.2. The third kappa shape index (κ3) is 4.21. The molecule has 1 fully saturated rings. The molecule has 1 aromatic heterocycles. The summed E-state index contributed by atoms with van der Waals surface area (Å²) >= 11 is 6.42. The lowest BCUT2D eigenvalue weighted by Crippen LogP contribution is -2.55. The molecule has 1 amide bonds. The number of carbonyl (C=O) groups excluding carboxylic acids is 1. The molecule has 0 radical (unpaired) electrons. The van der Waals surface area contributed by atoms with E-state index in [2.05, 4.69) is 32.4 Å². The van der Waals surface area contributed by atoms with Crippen molar-refractivity contribution in [3.8, 4) is 12.1 Å². The van der Waals surface area contributed by atoms with Crippen molar-refractivity contribution in [1.29, 1.82) is 5.26 Å². The van der Waals surface area contributed by atoms with Gasteiger partial charge in [-0.05, 0) is 24.6 Å². The van der Waals surface area contributed by atoms with E-state index in [0.29, 0.717) is 37.2 Å². The zero-order valence-electron chi connectivity index (χ0n) is 18.0. The quantitative estimate of drug-likeness (QED) is 0.645. The summed E-state index contributed by atoms with van der Waals surface area (Å²) in [6, 6.07) is 10.1. The minimum Gasteiger partial charge on any atom is -0.467 e. The topological polar surface area (TPSA) is 85.6 Å². The Morgan fingerprint density at radius 2 is 2.12 bits per heavy atom. The van der Waals surface area contributed by atoms with Gasteiger partial charge >= 0.3 is 6.01 Å².